The Morgan fingerprint density at radius 1 is 1.33 bits per heavy atom. The first-order valence-corrected chi connectivity index (χ1v) is 5.69. The number of carbonyl (C=O) groups excluding carboxylic acids is 1. The van der Waals surface area contributed by atoms with E-state index in [0.717, 1.165) is 0 Å². The van der Waals surface area contributed by atoms with Crippen molar-refractivity contribution in [3.63, 3.8) is 0 Å². The van der Waals surface area contributed by atoms with Crippen molar-refractivity contribution in [2.75, 3.05) is 0 Å². The summed E-state index contributed by atoms with van der Waals surface area (Å²) >= 11 is 0. The molecule has 18 heavy (non-hydrogen) atoms. The van der Waals surface area contributed by atoms with Crippen molar-refractivity contribution in [2.45, 2.75) is 13.5 Å². The minimum absolute atomic E-state index is 0.0765. The maximum atomic E-state index is 12.4. The fourth-order valence-electron chi connectivity index (χ4n) is 2.28. The van der Waals surface area contributed by atoms with Gasteiger partial charge in [0.1, 0.15) is 17.1 Å². The van der Waals surface area contributed by atoms with Crippen LogP contribution in [-0.4, -0.2) is 26.3 Å². The van der Waals surface area contributed by atoms with E-state index in [9.17, 15) is 10.0 Å². The first kappa shape index (κ1) is 10.7. The van der Waals surface area contributed by atoms with Crippen LogP contribution in [0.1, 0.15) is 34.2 Å². The molecule has 1 aliphatic carbocycles. The van der Waals surface area contributed by atoms with Crippen molar-refractivity contribution >= 4 is 11.5 Å². The molecule has 3 rings (SSSR count). The lowest BCUT2D eigenvalue weighted by Crippen LogP contribution is -2.23. The number of oxime groups is 1. The van der Waals surface area contributed by atoms with Crippen LogP contribution in [0, 0.1) is 0 Å². The van der Waals surface area contributed by atoms with Crippen LogP contribution in [0.2, 0.25) is 0 Å². The summed E-state index contributed by atoms with van der Waals surface area (Å²) in [5.41, 5.74) is 2.46. The molecule has 5 heteroatoms. The number of nitrogens with zero attached hydrogens (tertiary/aromatic N) is 3. The molecule has 0 radical (unpaired) electrons. The molecule has 0 unspecified atom stereocenters. The van der Waals surface area contributed by atoms with Gasteiger partial charge in [-0.2, -0.15) is 0 Å². The van der Waals surface area contributed by atoms with E-state index >= 15 is 0 Å². The number of hydrogen-bond acceptors (Lipinski definition) is 4. The molecule has 0 atom stereocenters. The van der Waals surface area contributed by atoms with Gasteiger partial charge in [0.25, 0.3) is 0 Å². The SMILES string of the molecule is CCn1cnc2c1C(=O)c1ccccc1C2=NO. The van der Waals surface area contributed by atoms with Gasteiger partial charge in [0, 0.05) is 17.7 Å². The second-order valence-electron chi connectivity index (χ2n) is 4.05. The summed E-state index contributed by atoms with van der Waals surface area (Å²) in [6.07, 6.45) is 1.60. The van der Waals surface area contributed by atoms with E-state index in [-0.39, 0.29) is 5.78 Å². The minimum atomic E-state index is -0.0765. The number of imidazole rings is 1. The molecule has 1 heterocycles. The topological polar surface area (TPSA) is 67.5 Å². The van der Waals surface area contributed by atoms with Crippen LogP contribution in [0.25, 0.3) is 0 Å². The van der Waals surface area contributed by atoms with Gasteiger partial charge >= 0.3 is 0 Å². The van der Waals surface area contributed by atoms with Crippen LogP contribution >= 0.6 is 0 Å². The smallest absolute Gasteiger partial charge is 0.212 e. The highest BCUT2D eigenvalue weighted by molar-refractivity contribution is 6.28. The number of hydrogen-bond donors (Lipinski definition) is 1. The third-order valence-corrected chi connectivity index (χ3v) is 3.14. The van der Waals surface area contributed by atoms with Crippen LogP contribution < -0.4 is 0 Å². The standard InChI is InChI=1S/C13H11N3O2/c1-2-16-7-14-11-10(15-18)8-5-3-4-6-9(8)13(17)12(11)16/h3-7,18H,2H2,1H3. The Hall–Kier alpha value is -2.43. The van der Waals surface area contributed by atoms with Gasteiger partial charge in [0.15, 0.2) is 0 Å². The number of aromatic nitrogens is 2. The van der Waals surface area contributed by atoms with Gasteiger partial charge in [0.05, 0.1) is 6.33 Å². The van der Waals surface area contributed by atoms with Crippen LogP contribution in [0.3, 0.4) is 0 Å². The summed E-state index contributed by atoms with van der Waals surface area (Å²) in [4.78, 5) is 16.6. The quantitative estimate of drug-likeness (QED) is 0.520. The zero-order valence-electron chi connectivity index (χ0n) is 9.79. The molecule has 1 aromatic heterocycles. The molecule has 0 bridgehead atoms. The molecule has 90 valence electrons. The van der Waals surface area contributed by atoms with Gasteiger partial charge in [-0.1, -0.05) is 29.4 Å². The van der Waals surface area contributed by atoms with Gasteiger partial charge in [-0.05, 0) is 6.92 Å². The normalized spacial score (nSPS) is 15.6. The van der Waals surface area contributed by atoms with Crippen molar-refractivity contribution in [2.24, 2.45) is 5.16 Å². The molecular weight excluding hydrogens is 230 g/mol. The van der Waals surface area contributed by atoms with Crippen LogP contribution in [0.15, 0.2) is 35.7 Å². The monoisotopic (exact) mass is 241 g/mol. The van der Waals surface area contributed by atoms with Crippen LogP contribution in [0.5, 0.6) is 0 Å². The number of ketones is 1. The minimum Gasteiger partial charge on any atom is -0.410 e. The lowest BCUT2D eigenvalue weighted by molar-refractivity contribution is 0.102. The maximum absolute atomic E-state index is 12.4. The summed E-state index contributed by atoms with van der Waals surface area (Å²) in [6, 6.07) is 7.09. The molecule has 0 saturated heterocycles. The second-order valence-corrected chi connectivity index (χ2v) is 4.05. The fourth-order valence-corrected chi connectivity index (χ4v) is 2.28. The number of carbonyl (C=O) groups is 1. The molecule has 0 fully saturated rings. The van der Waals surface area contributed by atoms with Gasteiger partial charge in [-0.3, -0.25) is 4.79 Å². The van der Waals surface area contributed by atoms with Crippen LogP contribution in [0.4, 0.5) is 0 Å². The van der Waals surface area contributed by atoms with Crippen molar-refractivity contribution in [3.8, 4) is 0 Å². The Labute approximate surface area is 103 Å². The van der Waals surface area contributed by atoms with Crippen LogP contribution in [-0.2, 0) is 6.54 Å². The lowest BCUT2D eigenvalue weighted by Gasteiger charge is -2.16. The molecule has 0 saturated carbocycles. The largest absolute Gasteiger partial charge is 0.410 e. The number of benzene rings is 1. The highest BCUT2D eigenvalue weighted by atomic mass is 16.4. The molecule has 1 aliphatic rings. The molecule has 0 aliphatic heterocycles. The summed E-state index contributed by atoms with van der Waals surface area (Å²) in [5.74, 6) is -0.0765. The fraction of sp³-hybridized carbons (Fsp3) is 0.154. The zero-order valence-corrected chi connectivity index (χ0v) is 9.79. The van der Waals surface area contributed by atoms with E-state index in [0.29, 0.717) is 34.8 Å². The summed E-state index contributed by atoms with van der Waals surface area (Å²) < 4.78 is 1.76. The van der Waals surface area contributed by atoms with E-state index < -0.39 is 0 Å². The second kappa shape index (κ2) is 3.80. The molecule has 0 amide bonds. The number of fused-ring (bicyclic) bond motifs is 2. The maximum Gasteiger partial charge on any atom is 0.212 e. The van der Waals surface area contributed by atoms with Gasteiger partial charge < -0.3 is 9.77 Å². The Bertz CT molecular complexity index is 671. The Morgan fingerprint density at radius 2 is 2.06 bits per heavy atom. The molecular formula is C13H11N3O2. The lowest BCUT2D eigenvalue weighted by atomic mass is 9.89. The first-order valence-electron chi connectivity index (χ1n) is 5.69. The van der Waals surface area contributed by atoms with E-state index in [1.54, 1.807) is 35.2 Å². The molecule has 2 aromatic rings. The van der Waals surface area contributed by atoms with E-state index in [2.05, 4.69) is 10.1 Å². The molecule has 1 aromatic carbocycles. The highest BCUT2D eigenvalue weighted by Crippen LogP contribution is 2.26. The Morgan fingerprint density at radius 3 is 2.72 bits per heavy atom. The highest BCUT2D eigenvalue weighted by Gasteiger charge is 2.32. The summed E-state index contributed by atoms with van der Waals surface area (Å²) in [5, 5.41) is 12.5. The van der Waals surface area contributed by atoms with Crippen molar-refractivity contribution < 1.29 is 10.0 Å². The average molecular weight is 241 g/mol. The average Bonchev–Trinajstić information content (AvgIpc) is 2.83. The Kier molecular flexibility index (Phi) is 2.26. The third kappa shape index (κ3) is 1.24. The zero-order chi connectivity index (χ0) is 12.7. The molecule has 0 spiro atoms. The number of rotatable bonds is 1. The van der Waals surface area contributed by atoms with E-state index in [1.807, 2.05) is 6.92 Å². The van der Waals surface area contributed by atoms with Gasteiger partial charge in [-0.25, -0.2) is 4.98 Å². The summed E-state index contributed by atoms with van der Waals surface area (Å²) in [6.45, 7) is 2.58. The van der Waals surface area contributed by atoms with Gasteiger partial charge in [0.2, 0.25) is 5.78 Å². The first-order chi connectivity index (χ1) is 8.77. The third-order valence-electron chi connectivity index (χ3n) is 3.14. The predicted molar refractivity (Wildman–Crippen MR) is 65.2 cm³/mol. The molecule has 5 nitrogen and oxygen atoms in total. The van der Waals surface area contributed by atoms with Crippen molar-refractivity contribution in [3.05, 3.63) is 53.1 Å². The summed E-state index contributed by atoms with van der Waals surface area (Å²) in [7, 11) is 0. The van der Waals surface area contributed by atoms with E-state index in [4.69, 9.17) is 0 Å². The molecule has 1 N–H and O–H groups in total. The van der Waals surface area contributed by atoms with Crippen molar-refractivity contribution in [1.82, 2.24) is 9.55 Å². The Balaban J connectivity index is 2.34. The van der Waals surface area contributed by atoms with Crippen molar-refractivity contribution in [1.29, 1.82) is 0 Å². The van der Waals surface area contributed by atoms with E-state index in [1.165, 1.54) is 0 Å². The number of aryl methyl sites for hydroxylation is 1. The van der Waals surface area contributed by atoms with Gasteiger partial charge in [-0.15, -0.1) is 0 Å². The predicted octanol–water partition coefficient (Wildman–Crippen LogP) is 1.67.